The van der Waals surface area contributed by atoms with Crippen molar-refractivity contribution >= 4 is 17.7 Å². The number of nitrogen functional groups attached to an aromatic ring is 1. The Morgan fingerprint density at radius 1 is 1.15 bits per heavy atom. The third kappa shape index (κ3) is 3.19. The Morgan fingerprint density at radius 3 is 2.73 bits per heavy atom. The van der Waals surface area contributed by atoms with E-state index in [4.69, 9.17) is 10.5 Å². The first kappa shape index (κ1) is 16.4. The molecule has 0 saturated heterocycles. The monoisotopic (exact) mass is 355 g/mol. The first-order chi connectivity index (χ1) is 12.6. The van der Waals surface area contributed by atoms with Gasteiger partial charge in [0.05, 0.1) is 7.11 Å². The molecular formula is C17H21N7O2. The molecule has 2 heterocycles. The summed E-state index contributed by atoms with van der Waals surface area (Å²) in [6.07, 6.45) is 5.92. The minimum atomic E-state index is 0.0666. The molecule has 0 radical (unpaired) electrons. The van der Waals surface area contributed by atoms with Crippen LogP contribution in [0.5, 0.6) is 11.5 Å². The molecule has 9 nitrogen and oxygen atoms in total. The van der Waals surface area contributed by atoms with E-state index >= 15 is 0 Å². The summed E-state index contributed by atoms with van der Waals surface area (Å²) in [5.74, 6) is 1.99. The van der Waals surface area contributed by atoms with Crippen LogP contribution in [0.3, 0.4) is 0 Å². The lowest BCUT2D eigenvalue weighted by Gasteiger charge is -2.22. The van der Waals surface area contributed by atoms with E-state index in [0.29, 0.717) is 34.9 Å². The van der Waals surface area contributed by atoms with Crippen molar-refractivity contribution in [3.8, 4) is 22.9 Å². The summed E-state index contributed by atoms with van der Waals surface area (Å²) in [7, 11) is 1.53. The van der Waals surface area contributed by atoms with E-state index in [1.165, 1.54) is 37.0 Å². The van der Waals surface area contributed by atoms with E-state index in [-0.39, 0.29) is 11.7 Å². The predicted octanol–water partition coefficient (Wildman–Crippen LogP) is 2.23. The Labute approximate surface area is 150 Å². The number of phenolic OH excluding ortho intramolecular Hbond substituents is 1. The normalized spacial score (nSPS) is 15.3. The molecule has 0 spiro atoms. The van der Waals surface area contributed by atoms with Gasteiger partial charge < -0.3 is 20.9 Å². The summed E-state index contributed by atoms with van der Waals surface area (Å²) >= 11 is 0. The second-order valence-electron chi connectivity index (χ2n) is 6.45. The maximum atomic E-state index is 9.84. The van der Waals surface area contributed by atoms with E-state index < -0.39 is 0 Å². The van der Waals surface area contributed by atoms with Crippen molar-refractivity contribution in [3.63, 3.8) is 0 Å². The van der Waals surface area contributed by atoms with Gasteiger partial charge in [0.1, 0.15) is 11.5 Å². The Morgan fingerprint density at radius 2 is 1.96 bits per heavy atom. The molecule has 136 valence electrons. The Balaban J connectivity index is 1.68. The molecule has 1 fully saturated rings. The SMILES string of the molecule is COc1cc(O)cc(-c2nc3nc(NC4CCCCC4)nc(N)n3n2)c1. The molecule has 0 bridgehead atoms. The fourth-order valence-corrected chi connectivity index (χ4v) is 3.25. The van der Waals surface area contributed by atoms with Gasteiger partial charge >= 0.3 is 0 Å². The van der Waals surface area contributed by atoms with Crippen LogP contribution in [-0.2, 0) is 0 Å². The van der Waals surface area contributed by atoms with Crippen molar-refractivity contribution in [2.75, 3.05) is 18.2 Å². The van der Waals surface area contributed by atoms with Gasteiger partial charge in [-0.25, -0.2) is 0 Å². The van der Waals surface area contributed by atoms with E-state index in [9.17, 15) is 5.11 Å². The van der Waals surface area contributed by atoms with Crippen molar-refractivity contribution in [3.05, 3.63) is 18.2 Å². The predicted molar refractivity (Wildman–Crippen MR) is 97.1 cm³/mol. The fraction of sp³-hybridized carbons (Fsp3) is 0.412. The van der Waals surface area contributed by atoms with E-state index in [2.05, 4.69) is 25.4 Å². The number of methoxy groups -OCH3 is 1. The number of nitrogens with two attached hydrogens (primary N) is 1. The zero-order chi connectivity index (χ0) is 18.1. The summed E-state index contributed by atoms with van der Waals surface area (Å²) in [4.78, 5) is 13.2. The Bertz CT molecular complexity index is 934. The number of nitrogens with one attached hydrogen (secondary N) is 1. The summed E-state index contributed by atoms with van der Waals surface area (Å²) in [6.45, 7) is 0. The number of nitrogens with zero attached hydrogens (tertiary/aromatic N) is 5. The molecule has 0 unspecified atom stereocenters. The van der Waals surface area contributed by atoms with Crippen molar-refractivity contribution in [1.82, 2.24) is 24.6 Å². The number of rotatable bonds is 4. The van der Waals surface area contributed by atoms with Crippen LogP contribution in [0.1, 0.15) is 32.1 Å². The molecule has 0 amide bonds. The highest BCUT2D eigenvalue weighted by Gasteiger charge is 2.17. The number of hydrogen-bond acceptors (Lipinski definition) is 8. The third-order valence-electron chi connectivity index (χ3n) is 4.56. The van der Waals surface area contributed by atoms with Crippen molar-refractivity contribution in [1.29, 1.82) is 0 Å². The highest BCUT2D eigenvalue weighted by molar-refractivity contribution is 5.62. The molecular weight excluding hydrogens is 334 g/mol. The minimum absolute atomic E-state index is 0.0666. The van der Waals surface area contributed by atoms with Crippen LogP contribution < -0.4 is 15.8 Å². The molecule has 1 saturated carbocycles. The maximum Gasteiger partial charge on any atom is 0.259 e. The molecule has 1 aliphatic rings. The highest BCUT2D eigenvalue weighted by atomic mass is 16.5. The zero-order valence-corrected chi connectivity index (χ0v) is 14.5. The van der Waals surface area contributed by atoms with Crippen LogP contribution in [-0.4, -0.2) is 42.8 Å². The second kappa shape index (κ2) is 6.66. The van der Waals surface area contributed by atoms with Crippen LogP contribution in [0.15, 0.2) is 18.2 Å². The van der Waals surface area contributed by atoms with Crippen LogP contribution in [0.2, 0.25) is 0 Å². The molecule has 0 aliphatic heterocycles. The van der Waals surface area contributed by atoms with Gasteiger partial charge in [-0.1, -0.05) is 19.3 Å². The maximum absolute atomic E-state index is 9.84. The number of anilines is 2. The summed E-state index contributed by atoms with van der Waals surface area (Å²) in [6, 6.07) is 5.17. The summed E-state index contributed by atoms with van der Waals surface area (Å²) in [5.41, 5.74) is 6.64. The average Bonchev–Trinajstić information content (AvgIpc) is 3.07. The molecule has 1 aromatic carbocycles. The van der Waals surface area contributed by atoms with Gasteiger partial charge in [0, 0.05) is 17.7 Å². The van der Waals surface area contributed by atoms with Gasteiger partial charge in [-0.15, -0.1) is 5.10 Å². The summed E-state index contributed by atoms with van der Waals surface area (Å²) < 4.78 is 6.56. The van der Waals surface area contributed by atoms with E-state index in [0.717, 1.165) is 12.8 Å². The van der Waals surface area contributed by atoms with Crippen LogP contribution in [0, 0.1) is 0 Å². The van der Waals surface area contributed by atoms with Crippen LogP contribution >= 0.6 is 0 Å². The fourth-order valence-electron chi connectivity index (χ4n) is 3.25. The first-order valence-corrected chi connectivity index (χ1v) is 8.67. The van der Waals surface area contributed by atoms with Gasteiger partial charge in [-0.3, -0.25) is 0 Å². The van der Waals surface area contributed by atoms with Crippen molar-refractivity contribution in [2.24, 2.45) is 0 Å². The second-order valence-corrected chi connectivity index (χ2v) is 6.45. The molecule has 26 heavy (non-hydrogen) atoms. The van der Waals surface area contributed by atoms with Gasteiger partial charge in [0.2, 0.25) is 11.9 Å². The van der Waals surface area contributed by atoms with Crippen LogP contribution in [0.25, 0.3) is 17.2 Å². The largest absolute Gasteiger partial charge is 0.508 e. The molecule has 9 heteroatoms. The van der Waals surface area contributed by atoms with Gasteiger partial charge in [-0.05, 0) is 25.0 Å². The lowest BCUT2D eigenvalue weighted by Crippen LogP contribution is -2.24. The number of phenols is 1. The van der Waals surface area contributed by atoms with E-state index in [1.807, 2.05) is 0 Å². The number of benzene rings is 1. The first-order valence-electron chi connectivity index (χ1n) is 8.67. The lowest BCUT2D eigenvalue weighted by molar-refractivity contribution is 0.408. The zero-order valence-electron chi connectivity index (χ0n) is 14.5. The summed E-state index contributed by atoms with van der Waals surface area (Å²) in [5, 5.41) is 17.5. The topological polar surface area (TPSA) is 123 Å². The van der Waals surface area contributed by atoms with Gasteiger partial charge in [0.25, 0.3) is 5.78 Å². The lowest BCUT2D eigenvalue weighted by atomic mass is 9.96. The number of ether oxygens (including phenoxy) is 1. The highest BCUT2D eigenvalue weighted by Crippen LogP contribution is 2.28. The van der Waals surface area contributed by atoms with Crippen LogP contribution in [0.4, 0.5) is 11.9 Å². The molecule has 3 aromatic rings. The quantitative estimate of drug-likeness (QED) is 0.651. The standard InChI is InChI=1S/C17H21N7O2/c1-26-13-8-10(7-12(25)9-13)14-20-17-22-16(21-15(18)24(17)23-14)19-11-5-3-2-4-6-11/h7-9,11,25H,2-6H2,1H3,(H3,18,19,20,21,22,23). The molecule has 0 atom stereocenters. The van der Waals surface area contributed by atoms with Crippen molar-refractivity contribution in [2.45, 2.75) is 38.1 Å². The number of aromatic hydroxyl groups is 1. The average molecular weight is 355 g/mol. The van der Waals surface area contributed by atoms with Crippen molar-refractivity contribution < 1.29 is 9.84 Å². The Kier molecular flexibility index (Phi) is 4.19. The molecule has 4 N–H and O–H groups in total. The smallest absolute Gasteiger partial charge is 0.259 e. The number of hydrogen-bond donors (Lipinski definition) is 3. The van der Waals surface area contributed by atoms with Gasteiger partial charge in [0.15, 0.2) is 5.82 Å². The molecule has 4 rings (SSSR count). The van der Waals surface area contributed by atoms with E-state index in [1.54, 1.807) is 12.1 Å². The Hall–Kier alpha value is -3.10. The minimum Gasteiger partial charge on any atom is -0.508 e. The molecule has 2 aromatic heterocycles. The molecule has 1 aliphatic carbocycles. The number of aromatic nitrogens is 5. The van der Waals surface area contributed by atoms with Gasteiger partial charge in [-0.2, -0.15) is 19.5 Å². The third-order valence-corrected chi connectivity index (χ3v) is 4.56. The number of fused-ring (bicyclic) bond motifs is 1.